The smallest absolute Gasteiger partial charge is 0.410 e. The maximum Gasteiger partial charge on any atom is 0.410 e. The van der Waals surface area contributed by atoms with Crippen LogP contribution in [0.25, 0.3) is 88.9 Å². The summed E-state index contributed by atoms with van der Waals surface area (Å²) >= 11 is 0. The SMILES string of the molecule is COC(=O)C[C@H](C(=O)O)C(C)C.COC(=O)N[C@H](C(=O)N1CCC[C@H]1c1ncc(-c2ccc3cc(-c4ccc5[nH]c(C6CCCN6C(=O)OC(C)(C)C)nc5n4)ccc3c2)[nH]1)C(C)C.COC(=O)N[C@H](C(=O)N1CCC[C@H]1c1ncc(-c2ccc3cc(-c4ccc5[nH]c([C@@H]6CCCN6C(=O)[C@@H](NC(=O)OC)C(C)C)nc5n4)ccc3c2)[nH]1)C(C)C. The van der Waals surface area contributed by atoms with Crippen molar-refractivity contribution in [3.8, 4) is 45.0 Å². The van der Waals surface area contributed by atoms with Crippen molar-refractivity contribution in [1.29, 1.82) is 0 Å². The Bertz CT molecular complexity index is 5410. The summed E-state index contributed by atoms with van der Waals surface area (Å²) in [5, 5.41) is 21.0. The van der Waals surface area contributed by atoms with Gasteiger partial charge in [-0.3, -0.25) is 28.9 Å². The third-order valence-electron chi connectivity index (χ3n) is 22.5. The number of methoxy groups -OCH3 is 4. The lowest BCUT2D eigenvalue weighted by Gasteiger charge is -2.30. The van der Waals surface area contributed by atoms with Crippen molar-refractivity contribution >= 4 is 97.9 Å². The average Bonchev–Trinajstić information content (AvgIpc) is 1.59. The molecule has 0 bridgehead atoms. The number of pyridine rings is 2. The number of aliphatic carboxylic acids is 1. The highest BCUT2D eigenvalue weighted by Gasteiger charge is 2.42. The standard InChI is InChI=1S/C41H49N9O6.C39H46N8O5.C8H14O4/c1-22(2)33(46-40(53)55-5)38(51)49-17-7-9-31(49)36-42-21-30(45-36)27-14-12-24-19-26(13-11-25(24)20-27)28-15-16-29-35(43-28)48-37(44-29)32-10-8-18-50(32)39(52)34(23(3)4)47-41(54)56-6;1-22(2)32(44-37(49)51-6)36(48)46-17-7-9-30(46)34-40-21-29(43-34)26-14-12-23-19-25(13-11-24(23)20-26)27-15-16-28-33(41-27)45-35(42-28)31-10-8-18-47(31)38(50)52-39(3,4)5;1-5(2)6(8(10)11)4-7(9)12-3/h11-16,19-23,31-34H,7-10,17-18H2,1-6H3,(H,42,45)(H,46,53)(H,47,54)(H,43,44,48);11-16,19-22,30-32H,7-10,17-18H2,1-6H3,(H,40,43)(H,44,49)(H,41,42,45);5-6H,4H2,1-3H3,(H,10,11)/t31-,32-,33-,34-;30-,31?,32-;6-/m000/s1. The van der Waals surface area contributed by atoms with E-state index < -0.39 is 59.9 Å². The van der Waals surface area contributed by atoms with E-state index in [1.165, 1.54) is 28.4 Å². The highest BCUT2D eigenvalue weighted by molar-refractivity contribution is 5.94. The molecule has 4 fully saturated rings. The first-order chi connectivity index (χ1) is 57.3. The van der Waals surface area contributed by atoms with Crippen LogP contribution in [0.1, 0.15) is 181 Å². The van der Waals surface area contributed by atoms with Gasteiger partial charge in [0.25, 0.3) is 0 Å². The molecule has 4 aliphatic rings. The molecule has 0 spiro atoms. The summed E-state index contributed by atoms with van der Waals surface area (Å²) in [7, 11) is 5.12. The van der Waals surface area contributed by atoms with E-state index in [1.807, 2.05) is 110 Å². The average molecular weight is 1640 g/mol. The zero-order chi connectivity index (χ0) is 86.1. The summed E-state index contributed by atoms with van der Waals surface area (Å²) in [6.07, 6.45) is 7.88. The van der Waals surface area contributed by atoms with Gasteiger partial charge in [-0.1, -0.05) is 104 Å². The molecule has 0 saturated carbocycles. The lowest BCUT2D eigenvalue weighted by Crippen LogP contribution is -2.51. The Hall–Kier alpha value is -12.5. The van der Waals surface area contributed by atoms with Crippen molar-refractivity contribution in [2.75, 3.05) is 54.6 Å². The van der Waals surface area contributed by atoms with Crippen LogP contribution in [0.15, 0.2) is 109 Å². The summed E-state index contributed by atoms with van der Waals surface area (Å²) in [4.78, 5) is 161. The number of nitrogens with zero attached hydrogens (tertiary/aromatic N) is 10. The molecule has 4 aromatic carbocycles. The summed E-state index contributed by atoms with van der Waals surface area (Å²) in [5.74, 6) is -0.0602. The molecule has 0 aliphatic carbocycles. The lowest BCUT2D eigenvalue weighted by atomic mass is 9.93. The van der Waals surface area contributed by atoms with Crippen molar-refractivity contribution in [1.82, 2.24) is 85.4 Å². The van der Waals surface area contributed by atoms with Crippen LogP contribution in [-0.2, 0) is 47.7 Å². The number of alkyl carbamates (subject to hydrolysis) is 3. The maximum atomic E-state index is 13.6. The number of aromatic nitrogens is 10. The predicted octanol–water partition coefficient (Wildman–Crippen LogP) is 14.4. The molecule has 1 unspecified atom stereocenters. The molecule has 7 amide bonds. The molecule has 120 heavy (non-hydrogen) atoms. The molecule has 8 N–H and O–H groups in total. The molecule has 10 aromatic rings. The monoisotopic (exact) mass is 1640 g/mol. The zero-order valence-corrected chi connectivity index (χ0v) is 70.6. The number of imidazole rings is 4. The topological polar surface area (TPSA) is 410 Å². The van der Waals surface area contributed by atoms with Gasteiger partial charge in [0.1, 0.15) is 47.0 Å². The maximum absolute atomic E-state index is 13.6. The van der Waals surface area contributed by atoms with E-state index in [-0.39, 0.29) is 78.1 Å². The van der Waals surface area contributed by atoms with Crippen LogP contribution in [-0.4, -0.2) is 207 Å². The molecule has 8 atom stereocenters. The Morgan fingerprint density at radius 1 is 0.433 bits per heavy atom. The minimum atomic E-state index is -0.949. The summed E-state index contributed by atoms with van der Waals surface area (Å²) < 4.78 is 24.3. The molecule has 4 aliphatic heterocycles. The van der Waals surface area contributed by atoms with Crippen LogP contribution in [0.4, 0.5) is 19.2 Å². The number of hydrogen-bond donors (Lipinski definition) is 8. The second kappa shape index (κ2) is 37.6. The number of H-pyrrole nitrogens is 4. The predicted molar refractivity (Wildman–Crippen MR) is 450 cm³/mol. The van der Waals surface area contributed by atoms with Crippen molar-refractivity contribution in [2.45, 2.75) is 182 Å². The van der Waals surface area contributed by atoms with Crippen LogP contribution in [0.5, 0.6) is 0 Å². The number of ether oxygens (including phenoxy) is 5. The van der Waals surface area contributed by atoms with E-state index in [9.17, 15) is 43.2 Å². The van der Waals surface area contributed by atoms with Gasteiger partial charge in [-0.05, 0) is 166 Å². The molecular formula is C88H109N17O15. The number of amides is 7. The number of carbonyl (C=O) groups is 9. The molecule has 10 heterocycles. The third-order valence-corrected chi connectivity index (χ3v) is 22.5. The molecule has 6 aromatic heterocycles. The summed E-state index contributed by atoms with van der Waals surface area (Å²) in [5.41, 5.74) is 9.38. The molecule has 4 saturated heterocycles. The van der Waals surface area contributed by atoms with E-state index in [2.05, 4.69) is 101 Å². The van der Waals surface area contributed by atoms with Gasteiger partial charge >= 0.3 is 36.3 Å². The van der Waals surface area contributed by atoms with Crippen LogP contribution in [0, 0.1) is 29.6 Å². The number of nitrogens with one attached hydrogen (secondary N) is 7. The molecule has 32 nitrogen and oxygen atoms in total. The second-order valence-corrected chi connectivity index (χ2v) is 33.2. The fourth-order valence-corrected chi connectivity index (χ4v) is 15.9. The first kappa shape index (κ1) is 86.8. The molecule has 636 valence electrons. The van der Waals surface area contributed by atoms with Gasteiger partial charge in [-0.25, -0.2) is 49.1 Å². The van der Waals surface area contributed by atoms with Crippen LogP contribution < -0.4 is 16.0 Å². The number of esters is 1. The van der Waals surface area contributed by atoms with Gasteiger partial charge in [-0.15, -0.1) is 0 Å². The fraction of sp³-hybridized carbons (Fsp3) is 0.466. The Morgan fingerprint density at radius 3 is 1.11 bits per heavy atom. The van der Waals surface area contributed by atoms with Gasteiger partial charge in [-0.2, -0.15) is 0 Å². The highest BCUT2D eigenvalue weighted by Crippen LogP contribution is 2.40. The Morgan fingerprint density at radius 2 is 0.775 bits per heavy atom. The first-order valence-electron chi connectivity index (χ1n) is 41.0. The van der Waals surface area contributed by atoms with Gasteiger partial charge in [0.05, 0.1) is 111 Å². The number of aromatic amines is 4. The van der Waals surface area contributed by atoms with Crippen LogP contribution in [0.3, 0.4) is 0 Å². The number of carboxylic acids is 1. The summed E-state index contributed by atoms with van der Waals surface area (Å²) in [6.45, 7) is 22.9. The van der Waals surface area contributed by atoms with Crippen molar-refractivity contribution < 1.29 is 71.9 Å². The number of hydrogen-bond acceptors (Lipinski definition) is 20. The van der Waals surface area contributed by atoms with Crippen LogP contribution in [0.2, 0.25) is 0 Å². The number of rotatable bonds is 21. The van der Waals surface area contributed by atoms with Gasteiger partial charge in [0.2, 0.25) is 17.7 Å². The molecular weight excluding hydrogens is 1540 g/mol. The lowest BCUT2D eigenvalue weighted by molar-refractivity contribution is -0.151. The van der Waals surface area contributed by atoms with Crippen molar-refractivity contribution in [3.05, 3.63) is 133 Å². The third kappa shape index (κ3) is 19.9. The van der Waals surface area contributed by atoms with Gasteiger partial charge < -0.3 is 79.4 Å². The quantitative estimate of drug-likeness (QED) is 0.0245. The number of likely N-dealkylation sites (tertiary alicyclic amines) is 4. The number of benzene rings is 4. The van der Waals surface area contributed by atoms with E-state index in [0.29, 0.717) is 49.1 Å². The fourth-order valence-electron chi connectivity index (χ4n) is 15.9. The van der Waals surface area contributed by atoms with Gasteiger partial charge in [0.15, 0.2) is 11.3 Å². The van der Waals surface area contributed by atoms with Gasteiger partial charge in [0, 0.05) is 48.4 Å². The minimum absolute atomic E-state index is 0.0521. The zero-order valence-electron chi connectivity index (χ0n) is 70.6. The normalized spacial score (nSPS) is 17.7. The molecule has 14 rings (SSSR count). The highest BCUT2D eigenvalue weighted by atomic mass is 16.6. The molecule has 32 heteroatoms. The molecule has 0 radical (unpaired) electrons. The number of carboxylic acid groups (broad SMARTS) is 1. The van der Waals surface area contributed by atoms with E-state index in [4.69, 9.17) is 54.0 Å². The number of carbonyl (C=O) groups excluding carboxylic acids is 8. The van der Waals surface area contributed by atoms with Crippen molar-refractivity contribution in [2.24, 2.45) is 29.6 Å². The van der Waals surface area contributed by atoms with E-state index in [0.717, 1.165) is 141 Å². The van der Waals surface area contributed by atoms with Crippen molar-refractivity contribution in [3.63, 3.8) is 0 Å². The van der Waals surface area contributed by atoms with E-state index >= 15 is 0 Å². The minimum Gasteiger partial charge on any atom is -0.481 e. The first-order valence-corrected chi connectivity index (χ1v) is 41.0. The Balaban J connectivity index is 0.000000194. The van der Waals surface area contributed by atoms with E-state index in [1.54, 1.807) is 34.7 Å². The second-order valence-electron chi connectivity index (χ2n) is 33.2. The Labute approximate surface area is 695 Å². The van der Waals surface area contributed by atoms with Crippen LogP contribution >= 0.6 is 0 Å². The number of fused-ring (bicyclic) bond motifs is 4. The Kier molecular flexibility index (Phi) is 27.2. The summed E-state index contributed by atoms with van der Waals surface area (Å²) in [6, 6.07) is 29.9. The largest absolute Gasteiger partial charge is 0.481 e.